The van der Waals surface area contributed by atoms with Crippen molar-refractivity contribution in [3.8, 4) is 22.9 Å². The Balaban J connectivity index is 1.88. The van der Waals surface area contributed by atoms with Crippen LogP contribution in [0.3, 0.4) is 0 Å². The smallest absolute Gasteiger partial charge is 0.228 e. The fourth-order valence-corrected chi connectivity index (χ4v) is 2.06. The van der Waals surface area contributed by atoms with Crippen LogP contribution in [-0.2, 0) is 4.79 Å². The molecule has 0 aliphatic heterocycles. The Bertz CT molecular complexity index is 745. The number of aromatic hydroxyl groups is 1. The summed E-state index contributed by atoms with van der Waals surface area (Å²) in [5, 5.41) is 21.3. The number of phenols is 1. The van der Waals surface area contributed by atoms with Gasteiger partial charge in [0.2, 0.25) is 5.91 Å². The van der Waals surface area contributed by atoms with E-state index in [1.807, 2.05) is 6.07 Å². The molecule has 3 rings (SSSR count). The number of hydrogen-bond acceptors (Lipinski definition) is 4. The molecule has 0 bridgehead atoms. The monoisotopic (exact) mass is 279 g/mol. The molecule has 5 nitrogen and oxygen atoms in total. The molecule has 0 atom stereocenters. The van der Waals surface area contributed by atoms with Gasteiger partial charge in [-0.15, -0.1) is 0 Å². The number of nitriles is 1. The molecule has 0 unspecified atom stereocenters. The topological polar surface area (TPSA) is 86.0 Å². The van der Waals surface area contributed by atoms with Crippen LogP contribution in [0, 0.1) is 17.2 Å². The summed E-state index contributed by atoms with van der Waals surface area (Å²) in [6, 6.07) is 10.3. The molecule has 1 amide bonds. The molecule has 2 N–H and O–H groups in total. The van der Waals surface area contributed by atoms with Crippen LogP contribution in [0.4, 0.5) is 5.82 Å². The van der Waals surface area contributed by atoms with Crippen molar-refractivity contribution in [2.45, 2.75) is 12.8 Å². The van der Waals surface area contributed by atoms with Crippen molar-refractivity contribution < 1.29 is 9.90 Å². The molecule has 1 fully saturated rings. The highest BCUT2D eigenvalue weighted by Crippen LogP contribution is 2.31. The molecule has 1 heterocycles. The number of carbonyl (C=O) groups excluding carboxylic acids is 1. The van der Waals surface area contributed by atoms with Crippen LogP contribution in [0.5, 0.6) is 5.75 Å². The lowest BCUT2D eigenvalue weighted by molar-refractivity contribution is -0.117. The van der Waals surface area contributed by atoms with Gasteiger partial charge in [-0.1, -0.05) is 6.07 Å². The van der Waals surface area contributed by atoms with Crippen LogP contribution < -0.4 is 5.32 Å². The summed E-state index contributed by atoms with van der Waals surface area (Å²) in [5.41, 5.74) is 1.83. The molecule has 0 spiro atoms. The van der Waals surface area contributed by atoms with Crippen molar-refractivity contribution >= 4 is 11.7 Å². The van der Waals surface area contributed by atoms with Crippen molar-refractivity contribution in [2.75, 3.05) is 5.32 Å². The molecule has 1 aliphatic rings. The molecule has 21 heavy (non-hydrogen) atoms. The maximum atomic E-state index is 11.7. The van der Waals surface area contributed by atoms with Gasteiger partial charge in [0.05, 0.1) is 5.56 Å². The highest BCUT2D eigenvalue weighted by atomic mass is 16.3. The maximum absolute atomic E-state index is 11.7. The van der Waals surface area contributed by atoms with E-state index in [2.05, 4.69) is 10.3 Å². The van der Waals surface area contributed by atoms with Gasteiger partial charge < -0.3 is 10.4 Å². The Morgan fingerprint density at radius 2 is 2.05 bits per heavy atom. The standard InChI is InChI=1S/C16H13N3O2/c17-9-13-7-11(3-4-14(13)20)12-5-6-18-15(8-12)19-16(21)10-1-2-10/h3-8,10,20H,1-2H2,(H,18,19,21). The third kappa shape index (κ3) is 2.84. The van der Waals surface area contributed by atoms with E-state index >= 15 is 0 Å². The SMILES string of the molecule is N#Cc1cc(-c2ccnc(NC(=O)C3CC3)c2)ccc1O. The van der Waals surface area contributed by atoms with Crippen molar-refractivity contribution in [1.29, 1.82) is 5.26 Å². The number of pyridine rings is 1. The zero-order valence-electron chi connectivity index (χ0n) is 11.2. The highest BCUT2D eigenvalue weighted by molar-refractivity contribution is 5.93. The van der Waals surface area contributed by atoms with E-state index in [0.29, 0.717) is 5.82 Å². The second-order valence-corrected chi connectivity index (χ2v) is 5.04. The van der Waals surface area contributed by atoms with E-state index < -0.39 is 0 Å². The fraction of sp³-hybridized carbons (Fsp3) is 0.188. The van der Waals surface area contributed by atoms with Gasteiger partial charge in [0.1, 0.15) is 17.6 Å². The second-order valence-electron chi connectivity index (χ2n) is 5.04. The largest absolute Gasteiger partial charge is 0.507 e. The molecule has 2 aromatic rings. The number of hydrogen-bond donors (Lipinski definition) is 2. The van der Waals surface area contributed by atoms with Gasteiger partial charge in [-0.05, 0) is 48.2 Å². The molecule has 104 valence electrons. The van der Waals surface area contributed by atoms with Gasteiger partial charge in [-0.25, -0.2) is 4.98 Å². The van der Waals surface area contributed by atoms with Crippen LogP contribution >= 0.6 is 0 Å². The third-order valence-electron chi connectivity index (χ3n) is 3.41. The summed E-state index contributed by atoms with van der Waals surface area (Å²) >= 11 is 0. The first-order valence-corrected chi connectivity index (χ1v) is 6.68. The number of phenolic OH excluding ortho intramolecular Hbond substituents is 1. The minimum atomic E-state index is -0.0439. The Morgan fingerprint density at radius 1 is 1.29 bits per heavy atom. The average molecular weight is 279 g/mol. The van der Waals surface area contributed by atoms with E-state index in [4.69, 9.17) is 5.26 Å². The van der Waals surface area contributed by atoms with Crippen LogP contribution in [0.2, 0.25) is 0 Å². The quantitative estimate of drug-likeness (QED) is 0.904. The first-order chi connectivity index (χ1) is 10.2. The Hall–Kier alpha value is -2.87. The first-order valence-electron chi connectivity index (χ1n) is 6.68. The van der Waals surface area contributed by atoms with E-state index in [1.165, 1.54) is 6.07 Å². The number of anilines is 1. The maximum Gasteiger partial charge on any atom is 0.228 e. The number of benzene rings is 1. The summed E-state index contributed by atoms with van der Waals surface area (Å²) in [6.45, 7) is 0. The Kier molecular flexibility index (Phi) is 3.28. The minimum Gasteiger partial charge on any atom is -0.507 e. The molecule has 1 aromatic carbocycles. The molecule has 1 saturated carbocycles. The van der Waals surface area contributed by atoms with Gasteiger partial charge in [0, 0.05) is 12.1 Å². The fourth-order valence-electron chi connectivity index (χ4n) is 2.06. The molecule has 1 aliphatic carbocycles. The summed E-state index contributed by atoms with van der Waals surface area (Å²) in [4.78, 5) is 15.9. The summed E-state index contributed by atoms with van der Waals surface area (Å²) < 4.78 is 0. The van der Waals surface area contributed by atoms with Crippen molar-refractivity contribution in [2.24, 2.45) is 5.92 Å². The summed E-state index contributed by atoms with van der Waals surface area (Å²) in [5.74, 6) is 0.575. The number of carbonyl (C=O) groups is 1. The van der Waals surface area contributed by atoms with Gasteiger partial charge in [0.25, 0.3) is 0 Å². The van der Waals surface area contributed by atoms with E-state index in [1.54, 1.807) is 30.5 Å². The lowest BCUT2D eigenvalue weighted by Crippen LogP contribution is -2.14. The zero-order chi connectivity index (χ0) is 14.8. The number of nitrogens with one attached hydrogen (secondary N) is 1. The number of rotatable bonds is 3. The first kappa shape index (κ1) is 13.1. The van der Waals surface area contributed by atoms with E-state index in [9.17, 15) is 9.90 Å². The molecule has 0 saturated heterocycles. The summed E-state index contributed by atoms with van der Waals surface area (Å²) in [7, 11) is 0. The van der Waals surface area contributed by atoms with Crippen molar-refractivity contribution in [1.82, 2.24) is 4.98 Å². The minimum absolute atomic E-state index is 0.00284. The van der Waals surface area contributed by atoms with Gasteiger partial charge in [-0.2, -0.15) is 5.26 Å². The van der Waals surface area contributed by atoms with Crippen LogP contribution in [-0.4, -0.2) is 16.0 Å². The third-order valence-corrected chi connectivity index (χ3v) is 3.41. The predicted molar refractivity (Wildman–Crippen MR) is 77.4 cm³/mol. The number of nitrogens with zero attached hydrogens (tertiary/aromatic N) is 2. The molecule has 1 aromatic heterocycles. The van der Waals surface area contributed by atoms with E-state index in [0.717, 1.165) is 24.0 Å². The number of amides is 1. The zero-order valence-corrected chi connectivity index (χ0v) is 11.2. The molecular weight excluding hydrogens is 266 g/mol. The highest BCUT2D eigenvalue weighted by Gasteiger charge is 2.29. The average Bonchev–Trinajstić information content (AvgIpc) is 3.33. The number of aromatic nitrogens is 1. The van der Waals surface area contributed by atoms with Crippen molar-refractivity contribution in [3.05, 3.63) is 42.1 Å². The van der Waals surface area contributed by atoms with Crippen LogP contribution in [0.25, 0.3) is 11.1 Å². The Labute approximate surface area is 121 Å². The lowest BCUT2D eigenvalue weighted by Gasteiger charge is -2.07. The lowest BCUT2D eigenvalue weighted by atomic mass is 10.0. The van der Waals surface area contributed by atoms with Crippen LogP contribution in [0.15, 0.2) is 36.5 Å². The summed E-state index contributed by atoms with van der Waals surface area (Å²) in [6.07, 6.45) is 3.49. The van der Waals surface area contributed by atoms with Gasteiger partial charge >= 0.3 is 0 Å². The van der Waals surface area contributed by atoms with Gasteiger partial charge in [0.15, 0.2) is 0 Å². The Morgan fingerprint density at radius 3 is 2.76 bits per heavy atom. The molecule has 5 heteroatoms. The second kappa shape index (κ2) is 5.25. The van der Waals surface area contributed by atoms with E-state index in [-0.39, 0.29) is 23.1 Å². The molecular formula is C16H13N3O2. The normalized spacial score (nSPS) is 13.5. The van der Waals surface area contributed by atoms with Crippen LogP contribution in [0.1, 0.15) is 18.4 Å². The predicted octanol–water partition coefficient (Wildman–Crippen LogP) is 2.67. The van der Waals surface area contributed by atoms with Gasteiger partial charge in [-0.3, -0.25) is 4.79 Å². The molecule has 0 radical (unpaired) electrons. The van der Waals surface area contributed by atoms with Crippen molar-refractivity contribution in [3.63, 3.8) is 0 Å².